The van der Waals surface area contributed by atoms with Crippen molar-refractivity contribution in [2.45, 2.75) is 39.7 Å². The molecule has 1 aliphatic rings. The summed E-state index contributed by atoms with van der Waals surface area (Å²) >= 11 is 0. The summed E-state index contributed by atoms with van der Waals surface area (Å²) in [6, 6.07) is 18.3. The van der Waals surface area contributed by atoms with E-state index >= 15 is 0 Å². The Labute approximate surface area is 147 Å². The summed E-state index contributed by atoms with van der Waals surface area (Å²) in [7, 11) is 0. The molecule has 2 heteroatoms. The Bertz CT molecular complexity index is 642. The third-order valence-electron chi connectivity index (χ3n) is 5.34. The van der Waals surface area contributed by atoms with Gasteiger partial charge in [0.1, 0.15) is 0 Å². The Morgan fingerprint density at radius 1 is 0.917 bits per heavy atom. The van der Waals surface area contributed by atoms with Crippen LogP contribution in [0.15, 0.2) is 48.5 Å². The van der Waals surface area contributed by atoms with Gasteiger partial charge in [0, 0.05) is 37.9 Å². The van der Waals surface area contributed by atoms with Crippen molar-refractivity contribution in [1.29, 1.82) is 0 Å². The molecule has 1 unspecified atom stereocenters. The van der Waals surface area contributed by atoms with Crippen molar-refractivity contribution < 1.29 is 0 Å². The first-order chi connectivity index (χ1) is 11.6. The van der Waals surface area contributed by atoms with Crippen LogP contribution in [0, 0.1) is 13.8 Å². The lowest BCUT2D eigenvalue weighted by molar-refractivity contribution is 0.188. The van der Waals surface area contributed by atoms with Gasteiger partial charge in [0.2, 0.25) is 0 Å². The standard InChI is InChI=1S/C22H30N2/c1-18-9-10-19(2)22(17-18)24-15-13-23(14-16-24)20(3)11-12-21-7-5-4-6-8-21/h4-10,17,20H,11-16H2,1-3H3. The van der Waals surface area contributed by atoms with Crippen LogP contribution in [0.4, 0.5) is 5.69 Å². The summed E-state index contributed by atoms with van der Waals surface area (Å²) in [5, 5.41) is 0. The molecule has 24 heavy (non-hydrogen) atoms. The molecule has 3 rings (SSSR count). The highest BCUT2D eigenvalue weighted by Gasteiger charge is 2.21. The summed E-state index contributed by atoms with van der Waals surface area (Å²) in [6.45, 7) is 11.4. The van der Waals surface area contributed by atoms with E-state index < -0.39 is 0 Å². The maximum atomic E-state index is 2.66. The molecule has 2 aromatic carbocycles. The fraction of sp³-hybridized carbons (Fsp3) is 0.455. The molecule has 0 aliphatic carbocycles. The lowest BCUT2D eigenvalue weighted by Crippen LogP contribution is -2.49. The van der Waals surface area contributed by atoms with E-state index in [0.717, 1.165) is 13.1 Å². The predicted molar refractivity (Wildman–Crippen MR) is 104 cm³/mol. The summed E-state index contributed by atoms with van der Waals surface area (Å²) < 4.78 is 0. The van der Waals surface area contributed by atoms with Crippen LogP contribution in [-0.2, 0) is 6.42 Å². The zero-order valence-corrected chi connectivity index (χ0v) is 15.3. The van der Waals surface area contributed by atoms with Gasteiger partial charge in [-0.05, 0) is 56.4 Å². The van der Waals surface area contributed by atoms with Crippen LogP contribution in [0.3, 0.4) is 0 Å². The molecule has 2 nitrogen and oxygen atoms in total. The number of piperazine rings is 1. The van der Waals surface area contributed by atoms with Gasteiger partial charge in [-0.3, -0.25) is 4.90 Å². The molecule has 0 spiro atoms. The third kappa shape index (κ3) is 4.18. The molecule has 0 aromatic heterocycles. The second-order valence-corrected chi connectivity index (χ2v) is 7.19. The van der Waals surface area contributed by atoms with Crippen molar-refractivity contribution in [2.24, 2.45) is 0 Å². The molecule has 0 N–H and O–H groups in total. The predicted octanol–water partition coefficient (Wildman–Crippen LogP) is 4.45. The van der Waals surface area contributed by atoms with Crippen LogP contribution in [0.25, 0.3) is 0 Å². The van der Waals surface area contributed by atoms with Gasteiger partial charge >= 0.3 is 0 Å². The van der Waals surface area contributed by atoms with Crippen molar-refractivity contribution in [3.63, 3.8) is 0 Å². The minimum absolute atomic E-state index is 0.658. The van der Waals surface area contributed by atoms with Gasteiger partial charge in [-0.1, -0.05) is 42.5 Å². The van der Waals surface area contributed by atoms with Crippen LogP contribution in [0.5, 0.6) is 0 Å². The zero-order chi connectivity index (χ0) is 16.9. The van der Waals surface area contributed by atoms with E-state index in [0.29, 0.717) is 6.04 Å². The van der Waals surface area contributed by atoms with Gasteiger partial charge in [0.15, 0.2) is 0 Å². The Balaban J connectivity index is 1.52. The van der Waals surface area contributed by atoms with Crippen molar-refractivity contribution in [3.8, 4) is 0 Å². The van der Waals surface area contributed by atoms with Crippen LogP contribution in [0.2, 0.25) is 0 Å². The van der Waals surface area contributed by atoms with Crippen LogP contribution < -0.4 is 4.90 Å². The Hall–Kier alpha value is -1.80. The maximum absolute atomic E-state index is 2.66. The van der Waals surface area contributed by atoms with E-state index in [9.17, 15) is 0 Å². The topological polar surface area (TPSA) is 6.48 Å². The van der Waals surface area contributed by atoms with Gasteiger partial charge in [-0.15, -0.1) is 0 Å². The number of benzene rings is 2. The largest absolute Gasteiger partial charge is 0.369 e. The number of aryl methyl sites for hydroxylation is 3. The van der Waals surface area contributed by atoms with Gasteiger partial charge in [0.25, 0.3) is 0 Å². The summed E-state index contributed by atoms with van der Waals surface area (Å²) in [5.41, 5.74) is 5.63. The molecule has 1 heterocycles. The van der Waals surface area contributed by atoms with Crippen molar-refractivity contribution in [3.05, 3.63) is 65.2 Å². The highest BCUT2D eigenvalue weighted by Crippen LogP contribution is 2.23. The molecule has 2 aromatic rings. The van der Waals surface area contributed by atoms with Crippen LogP contribution in [-0.4, -0.2) is 37.1 Å². The van der Waals surface area contributed by atoms with E-state index in [-0.39, 0.29) is 0 Å². The third-order valence-corrected chi connectivity index (χ3v) is 5.34. The van der Waals surface area contributed by atoms with E-state index in [1.54, 1.807) is 0 Å². The summed E-state index contributed by atoms with van der Waals surface area (Å²) in [6.07, 6.45) is 2.42. The van der Waals surface area contributed by atoms with Crippen molar-refractivity contribution in [2.75, 3.05) is 31.1 Å². The van der Waals surface area contributed by atoms with Crippen LogP contribution in [0.1, 0.15) is 30.0 Å². The van der Waals surface area contributed by atoms with E-state index in [1.165, 1.54) is 48.3 Å². The molecule has 1 saturated heterocycles. The fourth-order valence-corrected chi connectivity index (χ4v) is 3.67. The normalized spacial score (nSPS) is 17.0. The molecule has 128 valence electrons. The Morgan fingerprint density at radius 2 is 1.62 bits per heavy atom. The number of anilines is 1. The zero-order valence-electron chi connectivity index (χ0n) is 15.3. The second kappa shape index (κ2) is 7.85. The highest BCUT2D eigenvalue weighted by molar-refractivity contribution is 5.55. The lowest BCUT2D eigenvalue weighted by Gasteiger charge is -2.39. The molecule has 1 aliphatic heterocycles. The lowest BCUT2D eigenvalue weighted by atomic mass is 10.0. The summed E-state index contributed by atoms with van der Waals surface area (Å²) in [4.78, 5) is 5.22. The first-order valence-electron chi connectivity index (χ1n) is 9.23. The summed E-state index contributed by atoms with van der Waals surface area (Å²) in [5.74, 6) is 0. The molecule has 0 saturated carbocycles. The van der Waals surface area contributed by atoms with Crippen molar-refractivity contribution in [1.82, 2.24) is 4.90 Å². The number of rotatable bonds is 5. The van der Waals surface area contributed by atoms with E-state index in [1.807, 2.05) is 0 Å². The van der Waals surface area contributed by atoms with Gasteiger partial charge in [-0.2, -0.15) is 0 Å². The average molecular weight is 322 g/mol. The minimum atomic E-state index is 0.658. The second-order valence-electron chi connectivity index (χ2n) is 7.19. The van der Waals surface area contributed by atoms with E-state index in [2.05, 4.69) is 79.1 Å². The SMILES string of the molecule is Cc1ccc(C)c(N2CCN(C(C)CCc3ccccc3)CC2)c1. The van der Waals surface area contributed by atoms with Gasteiger partial charge in [-0.25, -0.2) is 0 Å². The van der Waals surface area contributed by atoms with Gasteiger partial charge < -0.3 is 4.90 Å². The molecule has 1 fully saturated rings. The van der Waals surface area contributed by atoms with E-state index in [4.69, 9.17) is 0 Å². The minimum Gasteiger partial charge on any atom is -0.369 e. The monoisotopic (exact) mass is 322 g/mol. The molecule has 0 amide bonds. The number of hydrogen-bond acceptors (Lipinski definition) is 2. The molecule has 1 atom stereocenters. The first-order valence-corrected chi connectivity index (χ1v) is 9.23. The number of hydrogen-bond donors (Lipinski definition) is 0. The smallest absolute Gasteiger partial charge is 0.0399 e. The Morgan fingerprint density at radius 3 is 2.33 bits per heavy atom. The average Bonchev–Trinajstić information content (AvgIpc) is 2.63. The number of nitrogens with zero attached hydrogens (tertiary/aromatic N) is 2. The van der Waals surface area contributed by atoms with Crippen LogP contribution >= 0.6 is 0 Å². The van der Waals surface area contributed by atoms with Crippen molar-refractivity contribution >= 4 is 5.69 Å². The van der Waals surface area contributed by atoms with Gasteiger partial charge in [0.05, 0.1) is 0 Å². The highest BCUT2D eigenvalue weighted by atomic mass is 15.3. The quantitative estimate of drug-likeness (QED) is 0.802. The molecule has 0 radical (unpaired) electrons. The molecular formula is C22H30N2. The molecular weight excluding hydrogens is 292 g/mol. The first kappa shape index (κ1) is 17.0. The fourth-order valence-electron chi connectivity index (χ4n) is 3.67. The maximum Gasteiger partial charge on any atom is 0.0399 e. The Kier molecular flexibility index (Phi) is 5.57. The molecule has 0 bridgehead atoms.